The van der Waals surface area contributed by atoms with Crippen LogP contribution < -0.4 is 14.8 Å². The first-order valence-corrected chi connectivity index (χ1v) is 11.6. The minimum Gasteiger partial charge on any atom is -0.497 e. The fourth-order valence-corrected chi connectivity index (χ4v) is 3.89. The summed E-state index contributed by atoms with van der Waals surface area (Å²) in [6.07, 6.45) is 0. The molecule has 10 heteroatoms. The van der Waals surface area contributed by atoms with Crippen molar-refractivity contribution in [1.29, 1.82) is 0 Å². The Balaban J connectivity index is 1.59. The molecule has 0 radical (unpaired) electrons. The molecule has 1 aromatic heterocycles. The number of hydrogen-bond acceptors (Lipinski definition) is 6. The van der Waals surface area contributed by atoms with Crippen LogP contribution in [-0.4, -0.2) is 52.0 Å². The van der Waals surface area contributed by atoms with Crippen molar-refractivity contribution >= 4 is 40.1 Å². The van der Waals surface area contributed by atoms with Crippen LogP contribution in [0.2, 0.25) is 5.02 Å². The first kappa shape index (κ1) is 25.0. The molecule has 0 aliphatic carbocycles. The number of anilines is 1. The molecule has 1 unspecified atom stereocenters. The number of halogens is 1. The first-order valence-electron chi connectivity index (χ1n) is 11.2. The minimum atomic E-state index is -0.810. The van der Waals surface area contributed by atoms with Gasteiger partial charge in [0.25, 0.3) is 0 Å². The highest BCUT2D eigenvalue weighted by Crippen LogP contribution is 2.29. The Morgan fingerprint density at radius 1 is 1.06 bits per heavy atom. The SMILES string of the molecule is COc1ccc(NC(=O)C(C)N(Cc2ccc(Cl)cc2)C(=O)Cn2nnc3ccccc32)c(OC)c1. The largest absolute Gasteiger partial charge is 0.497 e. The lowest BCUT2D eigenvalue weighted by Gasteiger charge is -2.29. The van der Waals surface area contributed by atoms with Gasteiger partial charge in [0.1, 0.15) is 29.6 Å². The first-order chi connectivity index (χ1) is 17.4. The zero-order valence-electron chi connectivity index (χ0n) is 20.1. The highest BCUT2D eigenvalue weighted by atomic mass is 35.5. The van der Waals surface area contributed by atoms with Gasteiger partial charge in [-0.15, -0.1) is 5.10 Å². The molecule has 0 saturated carbocycles. The molecule has 0 spiro atoms. The van der Waals surface area contributed by atoms with Crippen LogP contribution in [-0.2, 0) is 22.7 Å². The van der Waals surface area contributed by atoms with E-state index in [4.69, 9.17) is 21.1 Å². The summed E-state index contributed by atoms with van der Waals surface area (Å²) in [5, 5.41) is 11.7. The highest BCUT2D eigenvalue weighted by Gasteiger charge is 2.27. The van der Waals surface area contributed by atoms with Crippen molar-refractivity contribution in [3.8, 4) is 11.5 Å². The van der Waals surface area contributed by atoms with Crippen LogP contribution in [0.15, 0.2) is 66.7 Å². The summed E-state index contributed by atoms with van der Waals surface area (Å²) in [5.41, 5.74) is 2.72. The molecule has 186 valence electrons. The second-order valence-corrected chi connectivity index (χ2v) is 8.55. The van der Waals surface area contributed by atoms with E-state index in [-0.39, 0.29) is 24.9 Å². The lowest BCUT2D eigenvalue weighted by Crippen LogP contribution is -2.46. The number of para-hydroxylation sites is 1. The Bertz CT molecular complexity index is 1370. The molecule has 1 atom stereocenters. The van der Waals surface area contributed by atoms with E-state index in [1.165, 1.54) is 16.7 Å². The van der Waals surface area contributed by atoms with Gasteiger partial charge in [0.05, 0.1) is 25.4 Å². The normalized spacial score (nSPS) is 11.7. The topological polar surface area (TPSA) is 98.6 Å². The van der Waals surface area contributed by atoms with E-state index in [9.17, 15) is 9.59 Å². The van der Waals surface area contributed by atoms with Gasteiger partial charge >= 0.3 is 0 Å². The van der Waals surface area contributed by atoms with Gasteiger partial charge in [-0.2, -0.15) is 0 Å². The number of benzene rings is 3. The number of nitrogens with one attached hydrogen (secondary N) is 1. The summed E-state index contributed by atoms with van der Waals surface area (Å²) in [7, 11) is 3.06. The number of rotatable bonds is 9. The van der Waals surface area contributed by atoms with Crippen molar-refractivity contribution in [3.63, 3.8) is 0 Å². The van der Waals surface area contributed by atoms with Crippen LogP contribution >= 0.6 is 11.6 Å². The number of carbonyl (C=O) groups excluding carboxylic acids is 2. The predicted octanol–water partition coefficient (Wildman–Crippen LogP) is 4.16. The number of methoxy groups -OCH3 is 2. The molecule has 0 bridgehead atoms. The number of amides is 2. The van der Waals surface area contributed by atoms with Crippen molar-refractivity contribution in [2.24, 2.45) is 0 Å². The van der Waals surface area contributed by atoms with Gasteiger partial charge in [-0.25, -0.2) is 4.68 Å². The second-order valence-electron chi connectivity index (χ2n) is 8.12. The van der Waals surface area contributed by atoms with Crippen LogP contribution in [0.25, 0.3) is 11.0 Å². The third-order valence-corrected chi connectivity index (χ3v) is 6.06. The van der Waals surface area contributed by atoms with Crippen molar-refractivity contribution < 1.29 is 19.1 Å². The summed E-state index contributed by atoms with van der Waals surface area (Å²) in [4.78, 5) is 28.3. The molecule has 9 nitrogen and oxygen atoms in total. The number of hydrogen-bond donors (Lipinski definition) is 1. The summed E-state index contributed by atoms with van der Waals surface area (Å²) < 4.78 is 12.1. The van der Waals surface area contributed by atoms with Gasteiger partial charge in [0.15, 0.2) is 0 Å². The molecular weight excluding hydrogens is 482 g/mol. The summed E-state index contributed by atoms with van der Waals surface area (Å²) >= 11 is 6.03. The van der Waals surface area contributed by atoms with Crippen molar-refractivity contribution in [2.75, 3.05) is 19.5 Å². The Kier molecular flexibility index (Phi) is 7.70. The Hall–Kier alpha value is -4.11. The van der Waals surface area contributed by atoms with E-state index in [0.717, 1.165) is 11.1 Å². The number of carbonyl (C=O) groups is 2. The third kappa shape index (κ3) is 5.58. The molecule has 36 heavy (non-hydrogen) atoms. The average Bonchev–Trinajstić information content (AvgIpc) is 3.30. The number of ether oxygens (including phenoxy) is 2. The Morgan fingerprint density at radius 3 is 2.53 bits per heavy atom. The van der Waals surface area contributed by atoms with Crippen LogP contribution in [0.3, 0.4) is 0 Å². The van der Waals surface area contributed by atoms with E-state index >= 15 is 0 Å². The van der Waals surface area contributed by atoms with E-state index in [1.807, 2.05) is 36.4 Å². The van der Waals surface area contributed by atoms with Gasteiger partial charge in [-0.05, 0) is 48.9 Å². The van der Waals surface area contributed by atoms with E-state index in [2.05, 4.69) is 15.6 Å². The fraction of sp³-hybridized carbons (Fsp3) is 0.231. The molecule has 2 amide bonds. The second kappa shape index (κ2) is 11.1. The van der Waals surface area contributed by atoms with E-state index < -0.39 is 6.04 Å². The lowest BCUT2D eigenvalue weighted by atomic mass is 10.1. The molecular formula is C26H26ClN5O4. The van der Waals surface area contributed by atoms with Crippen LogP contribution in [0.1, 0.15) is 12.5 Å². The Morgan fingerprint density at radius 2 is 1.81 bits per heavy atom. The molecule has 3 aromatic carbocycles. The zero-order chi connectivity index (χ0) is 25.7. The van der Waals surface area contributed by atoms with Gasteiger partial charge in [-0.3, -0.25) is 9.59 Å². The lowest BCUT2D eigenvalue weighted by molar-refractivity contribution is -0.139. The third-order valence-electron chi connectivity index (χ3n) is 5.81. The molecule has 4 rings (SSSR count). The van der Waals surface area contributed by atoms with Crippen LogP contribution in [0.5, 0.6) is 11.5 Å². The van der Waals surface area contributed by atoms with Gasteiger partial charge in [0, 0.05) is 17.6 Å². The average molecular weight is 508 g/mol. The Labute approximate surface area is 213 Å². The molecule has 0 aliphatic rings. The molecule has 0 saturated heterocycles. The minimum absolute atomic E-state index is 0.0718. The van der Waals surface area contributed by atoms with E-state index in [0.29, 0.717) is 27.7 Å². The molecule has 4 aromatic rings. The number of fused-ring (bicyclic) bond motifs is 1. The monoisotopic (exact) mass is 507 g/mol. The molecule has 1 N–H and O–H groups in total. The summed E-state index contributed by atoms with van der Waals surface area (Å²) in [6.45, 7) is 1.81. The maximum Gasteiger partial charge on any atom is 0.247 e. The van der Waals surface area contributed by atoms with Crippen molar-refractivity contribution in [1.82, 2.24) is 19.9 Å². The predicted molar refractivity (Wildman–Crippen MR) is 137 cm³/mol. The van der Waals surface area contributed by atoms with E-state index in [1.54, 1.807) is 44.4 Å². The zero-order valence-corrected chi connectivity index (χ0v) is 20.9. The maximum atomic E-state index is 13.5. The van der Waals surface area contributed by atoms with Gasteiger partial charge in [-0.1, -0.05) is 41.1 Å². The fourth-order valence-electron chi connectivity index (χ4n) is 3.76. The number of aromatic nitrogens is 3. The molecule has 0 aliphatic heterocycles. The summed E-state index contributed by atoms with van der Waals surface area (Å²) in [5.74, 6) is 0.381. The van der Waals surface area contributed by atoms with Crippen LogP contribution in [0, 0.1) is 0 Å². The van der Waals surface area contributed by atoms with Gasteiger partial charge < -0.3 is 19.7 Å². The van der Waals surface area contributed by atoms with Crippen molar-refractivity contribution in [2.45, 2.75) is 26.1 Å². The quantitative estimate of drug-likeness (QED) is 0.365. The smallest absolute Gasteiger partial charge is 0.247 e. The maximum absolute atomic E-state index is 13.5. The van der Waals surface area contributed by atoms with Crippen molar-refractivity contribution in [3.05, 3.63) is 77.3 Å². The van der Waals surface area contributed by atoms with Crippen LogP contribution in [0.4, 0.5) is 5.69 Å². The molecule has 0 fully saturated rings. The standard InChI is InChI=1S/C26H26ClN5O4/c1-17(26(34)28-22-13-12-20(35-2)14-24(22)36-3)31(15-18-8-10-19(27)11-9-18)25(33)16-32-23-7-5-4-6-21(23)29-30-32/h4-14,17H,15-16H2,1-3H3,(H,28,34). The van der Waals surface area contributed by atoms with Gasteiger partial charge in [0.2, 0.25) is 11.8 Å². The summed E-state index contributed by atoms with van der Waals surface area (Å²) in [6, 6.07) is 18.8. The highest BCUT2D eigenvalue weighted by molar-refractivity contribution is 6.30. The number of nitrogens with zero attached hydrogens (tertiary/aromatic N) is 4. The molecule has 1 heterocycles.